The third-order valence-corrected chi connectivity index (χ3v) is 2.95. The van der Waals surface area contributed by atoms with Crippen LogP contribution >= 0.6 is 15.9 Å². The molecule has 0 aliphatic heterocycles. The Labute approximate surface area is 118 Å². The molecule has 0 saturated carbocycles. The normalized spacial score (nSPS) is 10.5. The molecule has 0 fully saturated rings. The fourth-order valence-corrected chi connectivity index (χ4v) is 2.14. The molecule has 0 spiro atoms. The predicted octanol–water partition coefficient (Wildman–Crippen LogP) is 4.24. The van der Waals surface area contributed by atoms with Gasteiger partial charge >= 0.3 is 0 Å². The zero-order chi connectivity index (χ0) is 13.8. The van der Waals surface area contributed by atoms with Gasteiger partial charge in [-0.05, 0) is 31.3 Å². The minimum Gasteiger partial charge on any atom is -0.457 e. The Morgan fingerprint density at radius 1 is 1.21 bits per heavy atom. The maximum absolute atomic E-state index is 13.7. The van der Waals surface area contributed by atoms with E-state index in [4.69, 9.17) is 4.74 Å². The van der Waals surface area contributed by atoms with Crippen molar-refractivity contribution < 1.29 is 13.5 Å². The molecule has 0 unspecified atom stereocenters. The maximum Gasteiger partial charge on any atom is 0.134 e. The minimum absolute atomic E-state index is 0.315. The van der Waals surface area contributed by atoms with Gasteiger partial charge in [-0.1, -0.05) is 22.0 Å². The first kappa shape index (κ1) is 14.0. The number of rotatable bonds is 4. The summed E-state index contributed by atoms with van der Waals surface area (Å²) in [7, 11) is 1.72. The Morgan fingerprint density at radius 3 is 2.68 bits per heavy atom. The lowest BCUT2D eigenvalue weighted by Crippen LogP contribution is -2.08. The van der Waals surface area contributed by atoms with Crippen molar-refractivity contribution >= 4 is 15.9 Å². The minimum atomic E-state index is -0.420. The van der Waals surface area contributed by atoms with E-state index in [9.17, 15) is 8.78 Å². The second kappa shape index (κ2) is 6.12. The summed E-state index contributed by atoms with van der Waals surface area (Å²) in [5, 5.41) is 2.87. The van der Waals surface area contributed by atoms with E-state index in [1.165, 1.54) is 18.2 Å². The van der Waals surface area contributed by atoms with Crippen LogP contribution in [0.5, 0.6) is 11.5 Å². The quantitative estimate of drug-likeness (QED) is 0.906. The van der Waals surface area contributed by atoms with E-state index in [2.05, 4.69) is 21.2 Å². The zero-order valence-corrected chi connectivity index (χ0v) is 11.8. The molecule has 19 heavy (non-hydrogen) atoms. The van der Waals surface area contributed by atoms with Gasteiger partial charge in [0, 0.05) is 22.6 Å². The van der Waals surface area contributed by atoms with Crippen LogP contribution in [0.15, 0.2) is 40.9 Å². The summed E-state index contributed by atoms with van der Waals surface area (Å²) in [6.07, 6.45) is 0. The van der Waals surface area contributed by atoms with Crippen molar-refractivity contribution in [3.63, 3.8) is 0 Å². The van der Waals surface area contributed by atoms with Crippen LogP contribution in [0, 0.1) is 11.6 Å². The first-order valence-corrected chi connectivity index (χ1v) is 6.45. The Morgan fingerprint density at radius 2 is 2.00 bits per heavy atom. The summed E-state index contributed by atoms with van der Waals surface area (Å²) >= 11 is 3.18. The fourth-order valence-electron chi connectivity index (χ4n) is 1.70. The molecule has 1 N–H and O–H groups in total. The molecule has 0 amide bonds. The zero-order valence-electron chi connectivity index (χ0n) is 10.2. The number of ether oxygens (including phenoxy) is 1. The van der Waals surface area contributed by atoms with Gasteiger partial charge in [0.2, 0.25) is 0 Å². The van der Waals surface area contributed by atoms with E-state index in [1.54, 1.807) is 25.2 Å². The fraction of sp³-hybridized carbons (Fsp3) is 0.143. The molecule has 0 atom stereocenters. The summed E-state index contributed by atoms with van der Waals surface area (Å²) in [4.78, 5) is 0. The summed E-state index contributed by atoms with van der Waals surface area (Å²) in [6.45, 7) is 0.332. The van der Waals surface area contributed by atoms with Gasteiger partial charge < -0.3 is 10.1 Å². The maximum atomic E-state index is 13.7. The molecule has 2 nitrogen and oxygen atoms in total. The summed E-state index contributed by atoms with van der Waals surface area (Å²) in [5.74, 6) is -0.0973. The van der Waals surface area contributed by atoms with Crippen molar-refractivity contribution in [3.8, 4) is 11.5 Å². The Hall–Kier alpha value is -1.46. The highest BCUT2D eigenvalue weighted by Gasteiger charge is 2.10. The van der Waals surface area contributed by atoms with Gasteiger partial charge in [-0.2, -0.15) is 0 Å². The molecule has 100 valence electrons. The Kier molecular flexibility index (Phi) is 4.50. The highest BCUT2D eigenvalue weighted by molar-refractivity contribution is 9.10. The van der Waals surface area contributed by atoms with Crippen LogP contribution in [0.1, 0.15) is 5.56 Å². The van der Waals surface area contributed by atoms with Crippen LogP contribution in [0.3, 0.4) is 0 Å². The third-order valence-electron chi connectivity index (χ3n) is 2.49. The van der Waals surface area contributed by atoms with Crippen molar-refractivity contribution in [3.05, 3.63) is 58.1 Å². The summed E-state index contributed by atoms with van der Waals surface area (Å²) in [5.41, 5.74) is 0.408. The molecule has 0 radical (unpaired) electrons. The van der Waals surface area contributed by atoms with E-state index in [1.807, 2.05) is 0 Å². The standard InChI is InChI=1S/C14H12BrF2NO/c1-18-8-12-13(17)3-2-4-14(12)19-11-6-9(15)5-10(16)7-11/h2-7,18H,8H2,1H3. The molecule has 5 heteroatoms. The van der Waals surface area contributed by atoms with E-state index in [0.717, 1.165) is 0 Å². The second-order valence-electron chi connectivity index (χ2n) is 3.95. The highest BCUT2D eigenvalue weighted by atomic mass is 79.9. The molecule has 0 bridgehead atoms. The van der Waals surface area contributed by atoms with Crippen molar-refractivity contribution in [2.24, 2.45) is 0 Å². The largest absolute Gasteiger partial charge is 0.457 e. The summed E-state index contributed by atoms with van der Waals surface area (Å²) in [6, 6.07) is 8.76. The third kappa shape index (κ3) is 3.52. The van der Waals surface area contributed by atoms with Gasteiger partial charge in [-0.3, -0.25) is 0 Å². The Balaban J connectivity index is 2.34. The summed E-state index contributed by atoms with van der Waals surface area (Å²) < 4.78 is 33.1. The molecule has 2 rings (SSSR count). The SMILES string of the molecule is CNCc1c(F)cccc1Oc1cc(F)cc(Br)c1. The molecule has 0 saturated heterocycles. The first-order chi connectivity index (χ1) is 9.10. The topological polar surface area (TPSA) is 21.3 Å². The lowest BCUT2D eigenvalue weighted by molar-refractivity contribution is 0.459. The van der Waals surface area contributed by atoms with Gasteiger partial charge in [0.05, 0.1) is 0 Å². The van der Waals surface area contributed by atoms with E-state index in [-0.39, 0.29) is 5.82 Å². The highest BCUT2D eigenvalue weighted by Crippen LogP contribution is 2.29. The number of halogens is 3. The van der Waals surface area contributed by atoms with Crippen LogP contribution in [0.25, 0.3) is 0 Å². The van der Waals surface area contributed by atoms with Gasteiger partial charge in [0.15, 0.2) is 0 Å². The van der Waals surface area contributed by atoms with Gasteiger partial charge in [-0.15, -0.1) is 0 Å². The van der Waals surface area contributed by atoms with Crippen molar-refractivity contribution in [2.75, 3.05) is 7.05 Å². The molecule has 0 aliphatic carbocycles. The van der Waals surface area contributed by atoms with E-state index < -0.39 is 5.82 Å². The second-order valence-corrected chi connectivity index (χ2v) is 4.87. The first-order valence-electron chi connectivity index (χ1n) is 5.66. The predicted molar refractivity (Wildman–Crippen MR) is 73.3 cm³/mol. The molecule has 2 aromatic carbocycles. The molecule has 0 heterocycles. The number of hydrogen-bond donors (Lipinski definition) is 1. The van der Waals surface area contributed by atoms with Crippen LogP contribution in [-0.2, 0) is 6.54 Å². The molecular formula is C14H12BrF2NO. The van der Waals surface area contributed by atoms with Crippen LogP contribution in [-0.4, -0.2) is 7.05 Å². The average Bonchev–Trinajstić information content (AvgIpc) is 2.32. The average molecular weight is 328 g/mol. The monoisotopic (exact) mass is 327 g/mol. The number of nitrogens with one attached hydrogen (secondary N) is 1. The number of benzene rings is 2. The van der Waals surface area contributed by atoms with E-state index >= 15 is 0 Å². The van der Waals surface area contributed by atoms with Crippen LogP contribution in [0.4, 0.5) is 8.78 Å². The van der Waals surface area contributed by atoms with E-state index in [0.29, 0.717) is 28.1 Å². The molecule has 0 aliphatic rings. The molecule has 2 aromatic rings. The molecule has 0 aromatic heterocycles. The van der Waals surface area contributed by atoms with Crippen molar-refractivity contribution in [1.82, 2.24) is 5.32 Å². The Bertz CT molecular complexity index is 569. The van der Waals surface area contributed by atoms with Crippen molar-refractivity contribution in [2.45, 2.75) is 6.54 Å². The van der Waals surface area contributed by atoms with Gasteiger partial charge in [-0.25, -0.2) is 8.78 Å². The smallest absolute Gasteiger partial charge is 0.134 e. The van der Waals surface area contributed by atoms with Crippen LogP contribution < -0.4 is 10.1 Å². The van der Waals surface area contributed by atoms with Gasteiger partial charge in [0.25, 0.3) is 0 Å². The number of hydrogen-bond acceptors (Lipinski definition) is 2. The molecular weight excluding hydrogens is 316 g/mol. The van der Waals surface area contributed by atoms with Crippen LogP contribution in [0.2, 0.25) is 0 Å². The van der Waals surface area contributed by atoms with Crippen molar-refractivity contribution in [1.29, 1.82) is 0 Å². The lowest BCUT2D eigenvalue weighted by Gasteiger charge is -2.12. The lowest BCUT2D eigenvalue weighted by atomic mass is 10.2. The van der Waals surface area contributed by atoms with Gasteiger partial charge in [0.1, 0.15) is 23.1 Å².